The predicted molar refractivity (Wildman–Crippen MR) is 106 cm³/mol. The van der Waals surface area contributed by atoms with Crippen molar-refractivity contribution in [2.24, 2.45) is 5.10 Å². The van der Waals surface area contributed by atoms with Gasteiger partial charge in [0.25, 0.3) is 5.91 Å². The monoisotopic (exact) mass is 383 g/mol. The average molecular weight is 384 g/mol. The number of halogens is 1. The van der Waals surface area contributed by atoms with E-state index in [1.807, 2.05) is 54.6 Å². The highest BCUT2D eigenvalue weighted by atomic mass is 35.5. The second-order valence-corrected chi connectivity index (χ2v) is 7.19. The Labute approximate surface area is 164 Å². The lowest BCUT2D eigenvalue weighted by Crippen LogP contribution is -2.43. The molecule has 4 rings (SSSR count). The Morgan fingerprint density at radius 2 is 1.78 bits per heavy atom. The molecule has 2 aromatic rings. The average Bonchev–Trinajstić information content (AvgIpc) is 3.15. The Kier molecular flexibility index (Phi) is 5.53. The Bertz CT molecular complexity index is 834. The molecule has 0 N–H and O–H groups in total. The van der Waals surface area contributed by atoms with Crippen LogP contribution in [0.2, 0.25) is 5.02 Å². The fourth-order valence-corrected chi connectivity index (χ4v) is 3.80. The molecule has 2 aliphatic rings. The molecule has 1 unspecified atom stereocenters. The van der Waals surface area contributed by atoms with E-state index in [0.29, 0.717) is 31.2 Å². The van der Waals surface area contributed by atoms with Crippen LogP contribution in [0.5, 0.6) is 0 Å². The number of amides is 1. The van der Waals surface area contributed by atoms with Gasteiger partial charge in [-0.3, -0.25) is 9.69 Å². The van der Waals surface area contributed by atoms with E-state index < -0.39 is 0 Å². The molecule has 0 bridgehead atoms. The largest absolute Gasteiger partial charge is 0.379 e. The van der Waals surface area contributed by atoms with E-state index in [1.165, 1.54) is 0 Å². The minimum absolute atomic E-state index is 0.00723. The first kappa shape index (κ1) is 18.2. The Morgan fingerprint density at radius 1 is 1.07 bits per heavy atom. The standard InChI is InChI=1S/C21H22ClN3O2/c22-18-9-5-4-8-17(18)19-14-20(16-6-2-1-3-7-16)25(23-19)21(26)15-24-10-12-27-13-11-24/h1-9,20H,10-15H2. The molecule has 27 heavy (non-hydrogen) atoms. The van der Waals surface area contributed by atoms with Gasteiger partial charge in [0.1, 0.15) is 0 Å². The molecular weight excluding hydrogens is 362 g/mol. The minimum atomic E-state index is -0.106. The maximum Gasteiger partial charge on any atom is 0.257 e. The maximum absolute atomic E-state index is 13.1. The van der Waals surface area contributed by atoms with Gasteiger partial charge in [-0.1, -0.05) is 60.1 Å². The molecule has 2 aromatic carbocycles. The van der Waals surface area contributed by atoms with Crippen LogP contribution < -0.4 is 0 Å². The number of rotatable bonds is 4. The molecule has 0 spiro atoms. The number of hydrogen-bond donors (Lipinski definition) is 0. The van der Waals surface area contributed by atoms with Crippen molar-refractivity contribution >= 4 is 23.2 Å². The van der Waals surface area contributed by atoms with Gasteiger partial charge >= 0.3 is 0 Å². The van der Waals surface area contributed by atoms with Gasteiger partial charge < -0.3 is 4.74 Å². The van der Waals surface area contributed by atoms with Crippen molar-refractivity contribution in [3.63, 3.8) is 0 Å². The van der Waals surface area contributed by atoms with Gasteiger partial charge in [-0.05, 0) is 11.6 Å². The third kappa shape index (κ3) is 4.05. The molecule has 0 saturated carbocycles. The van der Waals surface area contributed by atoms with Crippen LogP contribution in [-0.2, 0) is 9.53 Å². The summed E-state index contributed by atoms with van der Waals surface area (Å²) >= 11 is 6.37. The van der Waals surface area contributed by atoms with Gasteiger partial charge in [0.15, 0.2) is 0 Å². The fourth-order valence-electron chi connectivity index (χ4n) is 3.56. The number of benzene rings is 2. The molecule has 0 radical (unpaired) electrons. The molecule has 0 aromatic heterocycles. The lowest BCUT2D eigenvalue weighted by Gasteiger charge is -2.29. The second-order valence-electron chi connectivity index (χ2n) is 6.78. The van der Waals surface area contributed by atoms with Gasteiger partial charge in [0.2, 0.25) is 0 Å². The van der Waals surface area contributed by atoms with Crippen molar-refractivity contribution in [1.82, 2.24) is 9.91 Å². The third-order valence-electron chi connectivity index (χ3n) is 5.00. The lowest BCUT2D eigenvalue weighted by atomic mass is 9.98. The molecule has 2 heterocycles. The number of carbonyl (C=O) groups excluding carboxylic acids is 1. The van der Waals surface area contributed by atoms with Crippen molar-refractivity contribution in [3.05, 3.63) is 70.7 Å². The molecule has 5 nitrogen and oxygen atoms in total. The molecule has 2 aliphatic heterocycles. The maximum atomic E-state index is 13.1. The highest BCUT2D eigenvalue weighted by Crippen LogP contribution is 2.34. The Morgan fingerprint density at radius 3 is 2.52 bits per heavy atom. The zero-order valence-corrected chi connectivity index (χ0v) is 15.8. The van der Waals surface area contributed by atoms with Crippen LogP contribution in [0.15, 0.2) is 59.7 Å². The number of ether oxygens (including phenoxy) is 1. The summed E-state index contributed by atoms with van der Waals surface area (Å²) in [6.45, 7) is 3.24. The number of nitrogens with zero attached hydrogens (tertiary/aromatic N) is 3. The Balaban J connectivity index is 1.61. The van der Waals surface area contributed by atoms with E-state index in [-0.39, 0.29) is 11.9 Å². The summed E-state index contributed by atoms with van der Waals surface area (Å²) in [5.74, 6) is 0.00723. The first-order valence-electron chi connectivity index (χ1n) is 9.22. The Hall–Kier alpha value is -2.21. The summed E-state index contributed by atoms with van der Waals surface area (Å²) in [4.78, 5) is 15.2. The quantitative estimate of drug-likeness (QED) is 0.813. The van der Waals surface area contributed by atoms with E-state index in [1.54, 1.807) is 5.01 Å². The fraction of sp³-hybridized carbons (Fsp3) is 0.333. The van der Waals surface area contributed by atoms with Crippen molar-refractivity contribution in [1.29, 1.82) is 0 Å². The van der Waals surface area contributed by atoms with Crippen LogP contribution in [0.25, 0.3) is 0 Å². The summed E-state index contributed by atoms with van der Waals surface area (Å²) in [7, 11) is 0. The summed E-state index contributed by atoms with van der Waals surface area (Å²) in [5, 5.41) is 7.00. The zero-order chi connectivity index (χ0) is 18.6. The topological polar surface area (TPSA) is 45.1 Å². The van der Waals surface area contributed by atoms with Crippen LogP contribution in [0.3, 0.4) is 0 Å². The molecule has 1 fully saturated rings. The second kappa shape index (κ2) is 8.21. The van der Waals surface area contributed by atoms with Crippen molar-refractivity contribution < 1.29 is 9.53 Å². The molecule has 140 valence electrons. The molecule has 1 saturated heterocycles. The normalized spacial score (nSPS) is 20.6. The van der Waals surface area contributed by atoms with Gasteiger partial charge in [-0.15, -0.1) is 0 Å². The molecule has 6 heteroatoms. The molecule has 1 amide bonds. The first-order chi connectivity index (χ1) is 13.2. The van der Waals surface area contributed by atoms with Gasteiger partial charge in [-0.2, -0.15) is 5.10 Å². The number of carbonyl (C=O) groups is 1. The van der Waals surface area contributed by atoms with Gasteiger partial charge in [-0.25, -0.2) is 5.01 Å². The van der Waals surface area contributed by atoms with E-state index in [4.69, 9.17) is 21.4 Å². The van der Waals surface area contributed by atoms with Crippen molar-refractivity contribution in [2.45, 2.75) is 12.5 Å². The molecule has 0 aliphatic carbocycles. The lowest BCUT2D eigenvalue weighted by molar-refractivity contribution is -0.135. The van der Waals surface area contributed by atoms with E-state index >= 15 is 0 Å². The first-order valence-corrected chi connectivity index (χ1v) is 9.59. The third-order valence-corrected chi connectivity index (χ3v) is 5.33. The summed E-state index contributed by atoms with van der Waals surface area (Å²) in [6.07, 6.45) is 0.655. The zero-order valence-electron chi connectivity index (χ0n) is 15.1. The molecular formula is C21H22ClN3O2. The van der Waals surface area contributed by atoms with Crippen molar-refractivity contribution in [3.8, 4) is 0 Å². The van der Waals surface area contributed by atoms with E-state index in [0.717, 1.165) is 29.9 Å². The summed E-state index contributed by atoms with van der Waals surface area (Å²) in [5.41, 5.74) is 2.82. The van der Waals surface area contributed by atoms with Crippen LogP contribution in [0.1, 0.15) is 23.6 Å². The van der Waals surface area contributed by atoms with Crippen molar-refractivity contribution in [2.75, 3.05) is 32.8 Å². The predicted octanol–water partition coefficient (Wildman–Crippen LogP) is 3.35. The van der Waals surface area contributed by atoms with E-state index in [9.17, 15) is 4.79 Å². The smallest absolute Gasteiger partial charge is 0.257 e. The van der Waals surface area contributed by atoms with Crippen LogP contribution in [-0.4, -0.2) is 54.4 Å². The SMILES string of the molecule is O=C(CN1CCOCC1)N1N=C(c2ccccc2Cl)CC1c1ccccc1. The van der Waals surface area contributed by atoms with Crippen LogP contribution >= 0.6 is 11.6 Å². The van der Waals surface area contributed by atoms with E-state index in [2.05, 4.69) is 4.90 Å². The number of hydrazone groups is 1. The summed E-state index contributed by atoms with van der Waals surface area (Å²) in [6, 6.07) is 17.6. The van der Waals surface area contributed by atoms with Crippen LogP contribution in [0.4, 0.5) is 0 Å². The van der Waals surface area contributed by atoms with Gasteiger partial charge in [0, 0.05) is 30.1 Å². The van der Waals surface area contributed by atoms with Gasteiger partial charge in [0.05, 0.1) is 31.5 Å². The molecule has 1 atom stereocenters. The minimum Gasteiger partial charge on any atom is -0.379 e. The number of morpholine rings is 1. The van der Waals surface area contributed by atoms with Crippen LogP contribution in [0, 0.1) is 0 Å². The number of hydrogen-bond acceptors (Lipinski definition) is 4. The summed E-state index contributed by atoms with van der Waals surface area (Å²) < 4.78 is 5.38. The highest BCUT2D eigenvalue weighted by Gasteiger charge is 2.34. The highest BCUT2D eigenvalue weighted by molar-refractivity contribution is 6.34.